The molecule has 0 spiro atoms. The summed E-state index contributed by atoms with van der Waals surface area (Å²) in [5.74, 6) is -0.187. The zero-order valence-electron chi connectivity index (χ0n) is 18.4. The zero-order valence-corrected chi connectivity index (χ0v) is 20.8. The van der Waals surface area contributed by atoms with Crippen LogP contribution in [0.3, 0.4) is 0 Å². The Morgan fingerprint density at radius 1 is 1.21 bits per heavy atom. The van der Waals surface area contributed by atoms with Crippen LogP contribution in [0.1, 0.15) is 24.5 Å². The SMILES string of the molecule is C[C@@H]1CN(Cc2ccc(F)cc2)CCN1C(=O)COc1ccc(Br)cc1CCCS(=O)(=O)O. The molecule has 1 atom stereocenters. The Labute approximate surface area is 202 Å². The van der Waals surface area contributed by atoms with Gasteiger partial charge in [0.2, 0.25) is 0 Å². The summed E-state index contributed by atoms with van der Waals surface area (Å²) in [6, 6.07) is 11.8. The highest BCUT2D eigenvalue weighted by molar-refractivity contribution is 9.10. The van der Waals surface area contributed by atoms with Gasteiger partial charge in [0, 0.05) is 36.7 Å². The number of rotatable bonds is 9. The molecule has 1 fully saturated rings. The Bertz CT molecular complexity index is 1070. The van der Waals surface area contributed by atoms with Crippen molar-refractivity contribution in [2.45, 2.75) is 32.4 Å². The number of hydrogen-bond donors (Lipinski definition) is 1. The Morgan fingerprint density at radius 2 is 1.94 bits per heavy atom. The first-order valence-corrected chi connectivity index (χ1v) is 13.1. The van der Waals surface area contributed by atoms with Gasteiger partial charge < -0.3 is 9.64 Å². The number of ether oxygens (including phenoxy) is 1. The highest BCUT2D eigenvalue weighted by Gasteiger charge is 2.27. The van der Waals surface area contributed by atoms with Crippen LogP contribution >= 0.6 is 15.9 Å². The summed E-state index contributed by atoms with van der Waals surface area (Å²) in [7, 11) is -4.02. The molecule has 0 bridgehead atoms. The van der Waals surface area contributed by atoms with E-state index in [1.807, 2.05) is 13.0 Å². The maximum Gasteiger partial charge on any atom is 0.264 e. The van der Waals surface area contributed by atoms with Crippen LogP contribution < -0.4 is 4.74 Å². The Morgan fingerprint density at radius 3 is 2.61 bits per heavy atom. The first-order chi connectivity index (χ1) is 15.6. The second-order valence-electron chi connectivity index (χ2n) is 8.23. The van der Waals surface area contributed by atoms with E-state index in [0.717, 1.165) is 15.6 Å². The molecule has 0 aliphatic carbocycles. The predicted octanol–water partition coefficient (Wildman–Crippen LogP) is 3.52. The van der Waals surface area contributed by atoms with Gasteiger partial charge in [-0.05, 0) is 61.2 Å². The number of carbonyl (C=O) groups excluding carboxylic acids is 1. The largest absolute Gasteiger partial charge is 0.483 e. The van der Waals surface area contributed by atoms with Crippen molar-refractivity contribution in [1.29, 1.82) is 0 Å². The molecule has 0 unspecified atom stereocenters. The molecule has 3 rings (SSSR count). The first-order valence-electron chi connectivity index (χ1n) is 10.7. The molecule has 2 aromatic rings. The van der Waals surface area contributed by atoms with E-state index in [-0.39, 0.29) is 36.5 Å². The van der Waals surface area contributed by atoms with Crippen molar-refractivity contribution in [1.82, 2.24) is 9.80 Å². The van der Waals surface area contributed by atoms with Crippen molar-refractivity contribution < 1.29 is 26.9 Å². The molecule has 180 valence electrons. The lowest BCUT2D eigenvalue weighted by Crippen LogP contribution is -2.54. The van der Waals surface area contributed by atoms with E-state index in [1.54, 1.807) is 29.2 Å². The fraction of sp³-hybridized carbons (Fsp3) is 0.435. The van der Waals surface area contributed by atoms with Gasteiger partial charge in [-0.25, -0.2) is 4.39 Å². The third kappa shape index (κ3) is 8.06. The van der Waals surface area contributed by atoms with Crippen LogP contribution in [-0.4, -0.2) is 66.7 Å². The number of benzene rings is 2. The van der Waals surface area contributed by atoms with Crippen LogP contribution in [0.15, 0.2) is 46.9 Å². The van der Waals surface area contributed by atoms with E-state index < -0.39 is 10.1 Å². The maximum atomic E-state index is 13.1. The molecule has 1 aliphatic heterocycles. The molecule has 0 aromatic heterocycles. The third-order valence-corrected chi connectivity index (χ3v) is 6.87. The summed E-state index contributed by atoms with van der Waals surface area (Å²) in [6.07, 6.45) is 0.633. The van der Waals surface area contributed by atoms with E-state index in [9.17, 15) is 17.6 Å². The number of halogens is 2. The Kier molecular flexibility index (Phi) is 8.86. The van der Waals surface area contributed by atoms with Crippen molar-refractivity contribution >= 4 is 32.0 Å². The number of nitrogens with zero attached hydrogens (tertiary/aromatic N) is 2. The van der Waals surface area contributed by atoms with Crippen LogP contribution in [0.4, 0.5) is 4.39 Å². The molecular formula is C23H28BrFN2O5S. The fourth-order valence-electron chi connectivity index (χ4n) is 3.95. The number of carbonyl (C=O) groups is 1. The minimum absolute atomic E-state index is 0.00875. The number of piperazine rings is 1. The van der Waals surface area contributed by atoms with E-state index in [0.29, 0.717) is 38.3 Å². The molecular weight excluding hydrogens is 515 g/mol. The lowest BCUT2D eigenvalue weighted by atomic mass is 10.1. The minimum atomic E-state index is -4.02. The number of aryl methyl sites for hydroxylation is 1. The topological polar surface area (TPSA) is 87.2 Å². The van der Waals surface area contributed by atoms with Crippen molar-refractivity contribution in [3.63, 3.8) is 0 Å². The molecule has 33 heavy (non-hydrogen) atoms. The van der Waals surface area contributed by atoms with E-state index >= 15 is 0 Å². The normalized spacial score (nSPS) is 17.2. The van der Waals surface area contributed by atoms with E-state index in [1.165, 1.54) is 12.1 Å². The molecule has 0 saturated carbocycles. The molecule has 7 nitrogen and oxygen atoms in total. The summed E-state index contributed by atoms with van der Waals surface area (Å²) < 4.78 is 50.6. The second kappa shape index (κ2) is 11.4. The van der Waals surface area contributed by atoms with Gasteiger partial charge in [-0.2, -0.15) is 8.42 Å². The molecule has 1 N–H and O–H groups in total. The molecule has 1 amide bonds. The second-order valence-corrected chi connectivity index (χ2v) is 10.7. The molecule has 1 aliphatic rings. The van der Waals surface area contributed by atoms with E-state index in [4.69, 9.17) is 9.29 Å². The monoisotopic (exact) mass is 542 g/mol. The van der Waals surface area contributed by atoms with Crippen molar-refractivity contribution in [2.75, 3.05) is 32.0 Å². The predicted molar refractivity (Wildman–Crippen MR) is 127 cm³/mol. The van der Waals surface area contributed by atoms with Crippen LogP contribution in [0.25, 0.3) is 0 Å². The van der Waals surface area contributed by atoms with Gasteiger partial charge in [0.15, 0.2) is 6.61 Å². The molecule has 0 radical (unpaired) electrons. The fourth-order valence-corrected chi connectivity index (χ4v) is 4.86. The summed E-state index contributed by atoms with van der Waals surface area (Å²) in [4.78, 5) is 16.9. The Balaban J connectivity index is 1.53. The van der Waals surface area contributed by atoms with Gasteiger partial charge in [-0.3, -0.25) is 14.2 Å². The zero-order chi connectivity index (χ0) is 24.0. The van der Waals surface area contributed by atoms with Crippen LogP contribution in [0, 0.1) is 5.82 Å². The highest BCUT2D eigenvalue weighted by Crippen LogP contribution is 2.25. The average molecular weight is 543 g/mol. The van der Waals surface area contributed by atoms with Gasteiger partial charge in [-0.1, -0.05) is 28.1 Å². The maximum absolute atomic E-state index is 13.1. The molecule has 1 saturated heterocycles. The molecule has 2 aromatic carbocycles. The van der Waals surface area contributed by atoms with Gasteiger partial charge in [0.05, 0.1) is 5.75 Å². The van der Waals surface area contributed by atoms with Crippen LogP contribution in [-0.2, 0) is 27.9 Å². The van der Waals surface area contributed by atoms with Crippen LogP contribution in [0.5, 0.6) is 5.75 Å². The van der Waals surface area contributed by atoms with Gasteiger partial charge in [0.25, 0.3) is 16.0 Å². The van der Waals surface area contributed by atoms with E-state index in [2.05, 4.69) is 20.8 Å². The lowest BCUT2D eigenvalue weighted by molar-refractivity contribution is -0.138. The number of hydrogen-bond acceptors (Lipinski definition) is 5. The van der Waals surface area contributed by atoms with Gasteiger partial charge in [-0.15, -0.1) is 0 Å². The van der Waals surface area contributed by atoms with Crippen molar-refractivity contribution in [3.8, 4) is 5.75 Å². The molecule has 10 heteroatoms. The highest BCUT2D eigenvalue weighted by atomic mass is 79.9. The summed E-state index contributed by atoms with van der Waals surface area (Å²) in [5, 5.41) is 0. The van der Waals surface area contributed by atoms with Gasteiger partial charge >= 0.3 is 0 Å². The third-order valence-electron chi connectivity index (χ3n) is 5.57. The summed E-state index contributed by atoms with van der Waals surface area (Å²) in [6.45, 7) is 4.58. The quantitative estimate of drug-likeness (QED) is 0.488. The lowest BCUT2D eigenvalue weighted by Gasteiger charge is -2.39. The van der Waals surface area contributed by atoms with Crippen LogP contribution in [0.2, 0.25) is 0 Å². The average Bonchev–Trinajstić information content (AvgIpc) is 2.74. The van der Waals surface area contributed by atoms with Crippen molar-refractivity contribution in [3.05, 3.63) is 63.9 Å². The molecule has 1 heterocycles. The Hall–Kier alpha value is -2.01. The van der Waals surface area contributed by atoms with Gasteiger partial charge in [0.1, 0.15) is 11.6 Å². The summed E-state index contributed by atoms with van der Waals surface area (Å²) in [5.41, 5.74) is 1.79. The minimum Gasteiger partial charge on any atom is -0.483 e. The standard InChI is InChI=1S/C23H28BrFN2O5S/c1-17-14-26(15-18-4-7-21(25)8-5-18)10-11-27(17)23(28)16-32-22-9-6-20(24)13-19(22)3-2-12-33(29,30)31/h4-9,13,17H,2-3,10-12,14-16H2,1H3,(H,29,30,31)/t17-/m1/s1. The smallest absolute Gasteiger partial charge is 0.264 e. The summed E-state index contributed by atoms with van der Waals surface area (Å²) >= 11 is 3.39. The number of amides is 1. The first kappa shape index (κ1) is 25.6. The van der Waals surface area contributed by atoms with Crippen molar-refractivity contribution in [2.24, 2.45) is 0 Å².